The van der Waals surface area contributed by atoms with Gasteiger partial charge in [-0.05, 0) is 29.2 Å². The molecule has 0 spiro atoms. The molecule has 0 unspecified atom stereocenters. The lowest BCUT2D eigenvalue weighted by Crippen LogP contribution is -2.24. The lowest BCUT2D eigenvalue weighted by molar-refractivity contribution is -0.123. The van der Waals surface area contributed by atoms with Crippen molar-refractivity contribution in [2.75, 3.05) is 27.9 Å². The summed E-state index contributed by atoms with van der Waals surface area (Å²) in [6.45, 7) is 6.28. The van der Waals surface area contributed by atoms with Crippen LogP contribution in [0.15, 0.2) is 41.5 Å². The van der Waals surface area contributed by atoms with Crippen LogP contribution in [0.3, 0.4) is 0 Å². The second kappa shape index (κ2) is 9.82. The molecule has 0 saturated heterocycles. The number of amides is 1. The Morgan fingerprint density at radius 2 is 1.55 bits per heavy atom. The zero-order valence-electron chi connectivity index (χ0n) is 17.7. The second-order valence-electron chi connectivity index (χ2n) is 7.31. The van der Waals surface area contributed by atoms with Crippen molar-refractivity contribution in [3.8, 4) is 23.0 Å². The van der Waals surface area contributed by atoms with E-state index in [0.29, 0.717) is 28.6 Å². The second-order valence-corrected chi connectivity index (χ2v) is 7.31. The normalized spacial score (nSPS) is 11.2. The van der Waals surface area contributed by atoms with E-state index >= 15 is 0 Å². The highest BCUT2D eigenvalue weighted by Gasteiger charge is 2.13. The fourth-order valence-corrected chi connectivity index (χ4v) is 2.56. The number of nitrogens with one attached hydrogen (secondary N) is 1. The molecule has 2 rings (SSSR count). The molecule has 0 radical (unpaired) electrons. The molecule has 0 fully saturated rings. The van der Waals surface area contributed by atoms with Crippen LogP contribution in [0.25, 0.3) is 0 Å². The highest BCUT2D eigenvalue weighted by atomic mass is 16.5. The highest BCUT2D eigenvalue weighted by Crippen LogP contribution is 2.33. The van der Waals surface area contributed by atoms with Gasteiger partial charge in [-0.1, -0.05) is 32.9 Å². The summed E-state index contributed by atoms with van der Waals surface area (Å²) in [6.07, 6.45) is 1.47. The van der Waals surface area contributed by atoms with Gasteiger partial charge in [0.05, 0.1) is 27.5 Å². The third-order valence-electron chi connectivity index (χ3n) is 4.22. The van der Waals surface area contributed by atoms with Gasteiger partial charge in [-0.15, -0.1) is 0 Å². The van der Waals surface area contributed by atoms with Gasteiger partial charge >= 0.3 is 0 Å². The van der Waals surface area contributed by atoms with Crippen molar-refractivity contribution in [1.82, 2.24) is 5.43 Å². The first-order chi connectivity index (χ1) is 13.8. The van der Waals surface area contributed by atoms with Gasteiger partial charge in [-0.3, -0.25) is 4.79 Å². The molecule has 7 heteroatoms. The third kappa shape index (κ3) is 6.14. The number of hydrogen-bond donors (Lipinski definition) is 1. The number of rotatable bonds is 8. The molecule has 0 aliphatic rings. The number of ether oxygens (including phenoxy) is 4. The smallest absolute Gasteiger partial charge is 0.277 e. The van der Waals surface area contributed by atoms with E-state index in [1.807, 2.05) is 24.3 Å². The Bertz CT molecular complexity index is 855. The molecule has 0 aromatic heterocycles. The van der Waals surface area contributed by atoms with Crippen molar-refractivity contribution in [1.29, 1.82) is 0 Å². The van der Waals surface area contributed by atoms with Crippen LogP contribution in [0.1, 0.15) is 31.9 Å². The summed E-state index contributed by atoms with van der Waals surface area (Å²) in [5, 5.41) is 3.96. The van der Waals surface area contributed by atoms with Crippen molar-refractivity contribution < 1.29 is 23.7 Å². The van der Waals surface area contributed by atoms with Crippen LogP contribution in [-0.4, -0.2) is 40.1 Å². The number of benzene rings is 2. The molecule has 0 heterocycles. The summed E-state index contributed by atoms with van der Waals surface area (Å²) in [4.78, 5) is 12.0. The van der Waals surface area contributed by atoms with Gasteiger partial charge in [0.2, 0.25) is 0 Å². The van der Waals surface area contributed by atoms with Crippen molar-refractivity contribution in [2.24, 2.45) is 5.10 Å². The Balaban J connectivity index is 1.94. The lowest BCUT2D eigenvalue weighted by Gasteiger charge is -2.19. The minimum Gasteiger partial charge on any atom is -0.496 e. The Kier molecular flexibility index (Phi) is 7.47. The quantitative estimate of drug-likeness (QED) is 0.542. The monoisotopic (exact) mass is 400 g/mol. The fraction of sp³-hybridized carbons (Fsp3) is 0.364. The van der Waals surface area contributed by atoms with Crippen LogP contribution < -0.4 is 24.4 Å². The van der Waals surface area contributed by atoms with Crippen molar-refractivity contribution in [3.05, 3.63) is 47.5 Å². The van der Waals surface area contributed by atoms with Crippen LogP contribution in [0.2, 0.25) is 0 Å². The standard InChI is InChI=1S/C22H28N2O5/c1-22(2,3)16-7-9-17(10-8-16)29-14-21(25)24-23-13-15-11-19(27-5)20(28-6)12-18(15)26-4/h7-13H,14H2,1-6H3,(H,24,25)/b23-13-. The minimum absolute atomic E-state index is 0.0653. The molecule has 156 valence electrons. The van der Waals surface area contributed by atoms with Gasteiger partial charge < -0.3 is 18.9 Å². The summed E-state index contributed by atoms with van der Waals surface area (Å²) in [7, 11) is 4.62. The number of carbonyl (C=O) groups excluding carboxylic acids is 1. The van der Waals surface area contributed by atoms with Gasteiger partial charge in [-0.2, -0.15) is 5.10 Å². The molecule has 1 amide bonds. The van der Waals surface area contributed by atoms with Gasteiger partial charge in [0, 0.05) is 11.6 Å². The molecule has 2 aromatic rings. The first-order valence-corrected chi connectivity index (χ1v) is 9.13. The topological polar surface area (TPSA) is 78.4 Å². The molecule has 1 N–H and O–H groups in total. The van der Waals surface area contributed by atoms with E-state index in [4.69, 9.17) is 18.9 Å². The lowest BCUT2D eigenvalue weighted by atomic mass is 9.87. The minimum atomic E-state index is -0.374. The van der Waals surface area contributed by atoms with Crippen LogP contribution >= 0.6 is 0 Å². The molecular weight excluding hydrogens is 372 g/mol. The largest absolute Gasteiger partial charge is 0.496 e. The van der Waals surface area contributed by atoms with Crippen LogP contribution in [0, 0.1) is 0 Å². The molecule has 0 saturated carbocycles. The summed E-state index contributed by atoms with van der Waals surface area (Å²) < 4.78 is 21.3. The molecule has 0 aliphatic heterocycles. The van der Waals surface area contributed by atoms with Gasteiger partial charge in [0.1, 0.15) is 11.5 Å². The van der Waals surface area contributed by atoms with E-state index < -0.39 is 0 Å². The third-order valence-corrected chi connectivity index (χ3v) is 4.22. The number of methoxy groups -OCH3 is 3. The van der Waals surface area contributed by atoms with Crippen molar-refractivity contribution in [2.45, 2.75) is 26.2 Å². The Morgan fingerprint density at radius 1 is 0.966 bits per heavy atom. The highest BCUT2D eigenvalue weighted by molar-refractivity contribution is 5.86. The fourth-order valence-electron chi connectivity index (χ4n) is 2.56. The first-order valence-electron chi connectivity index (χ1n) is 9.13. The SMILES string of the molecule is COc1cc(OC)c(OC)cc1/C=N\NC(=O)COc1ccc(C(C)(C)C)cc1. The predicted octanol–water partition coefficient (Wildman–Crippen LogP) is 3.54. The first kappa shape index (κ1) is 22.1. The van der Waals surface area contributed by atoms with Gasteiger partial charge in [0.15, 0.2) is 18.1 Å². The number of hydrazone groups is 1. The molecule has 0 aliphatic carbocycles. The summed E-state index contributed by atoms with van der Waals surface area (Å²) in [5.41, 5.74) is 4.32. The van der Waals surface area contributed by atoms with E-state index in [1.54, 1.807) is 26.4 Å². The molecule has 7 nitrogen and oxygen atoms in total. The number of nitrogens with zero attached hydrogens (tertiary/aromatic N) is 1. The van der Waals surface area contributed by atoms with E-state index in [1.165, 1.54) is 18.9 Å². The van der Waals surface area contributed by atoms with E-state index in [9.17, 15) is 4.79 Å². The molecule has 0 bridgehead atoms. The molecule has 0 atom stereocenters. The van der Waals surface area contributed by atoms with E-state index in [0.717, 1.165) is 0 Å². The maximum Gasteiger partial charge on any atom is 0.277 e. The van der Waals surface area contributed by atoms with Crippen molar-refractivity contribution >= 4 is 12.1 Å². The number of carbonyl (C=O) groups is 1. The molecule has 29 heavy (non-hydrogen) atoms. The summed E-state index contributed by atoms with van der Waals surface area (Å²) >= 11 is 0. The predicted molar refractivity (Wildman–Crippen MR) is 112 cm³/mol. The average Bonchev–Trinajstić information content (AvgIpc) is 2.71. The van der Waals surface area contributed by atoms with Crippen LogP contribution in [0.5, 0.6) is 23.0 Å². The zero-order chi connectivity index (χ0) is 21.4. The summed E-state index contributed by atoms with van der Waals surface area (Å²) in [5.74, 6) is 1.86. The van der Waals surface area contributed by atoms with Crippen LogP contribution in [0.4, 0.5) is 0 Å². The summed E-state index contributed by atoms with van der Waals surface area (Å²) in [6, 6.07) is 11.1. The Morgan fingerprint density at radius 3 is 2.10 bits per heavy atom. The number of hydrogen-bond acceptors (Lipinski definition) is 6. The van der Waals surface area contributed by atoms with Crippen molar-refractivity contribution in [3.63, 3.8) is 0 Å². The molecular formula is C22H28N2O5. The molecule has 2 aromatic carbocycles. The van der Waals surface area contributed by atoms with E-state index in [2.05, 4.69) is 31.3 Å². The Hall–Kier alpha value is -3.22. The maximum absolute atomic E-state index is 12.0. The Labute approximate surface area is 171 Å². The van der Waals surface area contributed by atoms with Gasteiger partial charge in [-0.25, -0.2) is 5.43 Å². The van der Waals surface area contributed by atoms with E-state index in [-0.39, 0.29) is 17.9 Å². The van der Waals surface area contributed by atoms with Gasteiger partial charge in [0.25, 0.3) is 5.91 Å². The van der Waals surface area contributed by atoms with Crippen LogP contribution in [-0.2, 0) is 10.2 Å². The maximum atomic E-state index is 12.0. The average molecular weight is 400 g/mol. The zero-order valence-corrected chi connectivity index (χ0v) is 17.7.